The van der Waals surface area contributed by atoms with Gasteiger partial charge in [-0.15, -0.1) is 0 Å². The standard InChI is InChI=1S/C36H42O4S/c1-9-35(5,6)26-14-22-32(23-15-26)41(37,38)33-24-20-30(21-25-33)39-29-16-10-27(11-17-29)36(7,8)28-12-18-31(19-13-28)40-34(2,3)4/h10-25H,9H2,1-8H3. The zero-order valence-corrected chi connectivity index (χ0v) is 26.3. The average Bonchev–Trinajstić information content (AvgIpc) is 2.93. The highest BCUT2D eigenvalue weighted by molar-refractivity contribution is 7.91. The molecule has 0 bridgehead atoms. The first-order valence-corrected chi connectivity index (χ1v) is 15.6. The van der Waals surface area contributed by atoms with Gasteiger partial charge in [-0.3, -0.25) is 0 Å². The number of hydrogen-bond acceptors (Lipinski definition) is 4. The van der Waals surface area contributed by atoms with E-state index in [4.69, 9.17) is 9.47 Å². The summed E-state index contributed by atoms with van der Waals surface area (Å²) < 4.78 is 38.4. The highest BCUT2D eigenvalue weighted by Crippen LogP contribution is 2.35. The van der Waals surface area contributed by atoms with Crippen LogP contribution in [0.5, 0.6) is 17.2 Å². The highest BCUT2D eigenvalue weighted by atomic mass is 32.2. The van der Waals surface area contributed by atoms with Crippen molar-refractivity contribution in [1.82, 2.24) is 0 Å². The molecule has 0 aliphatic carbocycles. The molecule has 0 heterocycles. The molecular weight excluding hydrogens is 528 g/mol. The van der Waals surface area contributed by atoms with Crippen molar-refractivity contribution in [1.29, 1.82) is 0 Å². The van der Waals surface area contributed by atoms with Gasteiger partial charge in [0, 0.05) is 5.41 Å². The Bertz CT molecular complexity index is 1560. The lowest BCUT2D eigenvalue weighted by Crippen LogP contribution is -2.23. The lowest BCUT2D eigenvalue weighted by molar-refractivity contribution is 0.131. The van der Waals surface area contributed by atoms with Crippen LogP contribution in [0.15, 0.2) is 107 Å². The molecule has 4 nitrogen and oxygen atoms in total. The molecule has 0 N–H and O–H groups in total. The number of rotatable bonds is 9. The highest BCUT2D eigenvalue weighted by Gasteiger charge is 2.24. The zero-order chi connectivity index (χ0) is 30.1. The van der Waals surface area contributed by atoms with Gasteiger partial charge in [0.1, 0.15) is 22.8 Å². The monoisotopic (exact) mass is 570 g/mol. The number of benzene rings is 4. The molecule has 0 unspecified atom stereocenters. The molecule has 4 rings (SSSR count). The SMILES string of the molecule is CCC(C)(C)c1ccc(S(=O)(=O)c2ccc(Oc3ccc(C(C)(C)c4ccc(OC(C)(C)C)cc4)cc3)cc2)cc1. The fraction of sp³-hybridized carbons (Fsp3) is 0.333. The smallest absolute Gasteiger partial charge is 0.206 e. The summed E-state index contributed by atoms with van der Waals surface area (Å²) in [6.07, 6.45) is 0.975. The van der Waals surface area contributed by atoms with Crippen molar-refractivity contribution in [2.24, 2.45) is 0 Å². The Kier molecular flexibility index (Phi) is 8.42. The summed E-state index contributed by atoms with van der Waals surface area (Å²) in [5, 5.41) is 0. The molecule has 4 aromatic carbocycles. The first kappa shape index (κ1) is 30.4. The van der Waals surface area contributed by atoms with Gasteiger partial charge in [0.25, 0.3) is 0 Å². The average molecular weight is 571 g/mol. The van der Waals surface area contributed by atoms with Crippen LogP contribution in [0.3, 0.4) is 0 Å². The second-order valence-electron chi connectivity index (χ2n) is 12.7. The van der Waals surface area contributed by atoms with Crippen molar-refractivity contribution >= 4 is 9.84 Å². The van der Waals surface area contributed by atoms with Gasteiger partial charge in [0.15, 0.2) is 0 Å². The number of ether oxygens (including phenoxy) is 2. The molecule has 0 saturated carbocycles. The minimum atomic E-state index is -3.62. The third-order valence-corrected chi connectivity index (χ3v) is 9.56. The van der Waals surface area contributed by atoms with E-state index in [1.54, 1.807) is 36.4 Å². The Hall–Kier alpha value is -3.57. The van der Waals surface area contributed by atoms with E-state index in [1.165, 1.54) is 5.56 Å². The normalized spacial score (nSPS) is 12.7. The van der Waals surface area contributed by atoms with Crippen LogP contribution in [0.4, 0.5) is 0 Å². The first-order chi connectivity index (χ1) is 19.1. The summed E-state index contributed by atoms with van der Waals surface area (Å²) in [4.78, 5) is 0.528. The summed E-state index contributed by atoms with van der Waals surface area (Å²) in [5.74, 6) is 2.11. The molecule has 0 aliphatic heterocycles. The van der Waals surface area contributed by atoms with Crippen LogP contribution in [0, 0.1) is 0 Å². The Morgan fingerprint density at radius 1 is 0.537 bits per heavy atom. The minimum absolute atomic E-state index is 0.00217. The molecule has 41 heavy (non-hydrogen) atoms. The molecule has 5 heteroatoms. The molecule has 216 valence electrons. The van der Waals surface area contributed by atoms with E-state index >= 15 is 0 Å². The second kappa shape index (κ2) is 11.4. The second-order valence-corrected chi connectivity index (χ2v) is 14.7. The van der Waals surface area contributed by atoms with Gasteiger partial charge < -0.3 is 9.47 Å². The van der Waals surface area contributed by atoms with E-state index in [9.17, 15) is 8.42 Å². The van der Waals surface area contributed by atoms with E-state index in [0.29, 0.717) is 11.5 Å². The maximum atomic E-state index is 13.2. The van der Waals surface area contributed by atoms with E-state index in [-0.39, 0.29) is 26.2 Å². The van der Waals surface area contributed by atoms with Crippen LogP contribution in [0.1, 0.15) is 78.5 Å². The summed E-state index contributed by atoms with van der Waals surface area (Å²) in [6, 6.07) is 30.1. The molecule has 0 aliphatic rings. The maximum absolute atomic E-state index is 13.2. The molecule has 0 saturated heterocycles. The molecule has 0 radical (unpaired) electrons. The third-order valence-electron chi connectivity index (χ3n) is 7.78. The molecule has 0 aromatic heterocycles. The molecule has 0 atom stereocenters. The molecular formula is C36H42O4S. The van der Waals surface area contributed by atoms with Gasteiger partial charge in [-0.1, -0.05) is 71.0 Å². The third kappa shape index (κ3) is 7.02. The molecule has 0 spiro atoms. The largest absolute Gasteiger partial charge is 0.488 e. The lowest BCUT2D eigenvalue weighted by atomic mass is 9.78. The van der Waals surface area contributed by atoms with Gasteiger partial charge in [-0.25, -0.2) is 8.42 Å². The fourth-order valence-corrected chi connectivity index (χ4v) is 5.91. The minimum Gasteiger partial charge on any atom is -0.488 e. The quantitative estimate of drug-likeness (QED) is 0.201. The number of hydrogen-bond donors (Lipinski definition) is 0. The van der Waals surface area contributed by atoms with Crippen LogP contribution < -0.4 is 9.47 Å². The van der Waals surface area contributed by atoms with E-state index in [2.05, 4.69) is 58.9 Å². The van der Waals surface area contributed by atoms with Crippen molar-refractivity contribution in [2.75, 3.05) is 0 Å². The van der Waals surface area contributed by atoms with Gasteiger partial charge in [0.2, 0.25) is 9.84 Å². The van der Waals surface area contributed by atoms with Crippen molar-refractivity contribution < 1.29 is 17.9 Å². The summed E-state index contributed by atoms with van der Waals surface area (Å²) >= 11 is 0. The lowest BCUT2D eigenvalue weighted by Gasteiger charge is -2.27. The van der Waals surface area contributed by atoms with E-state index < -0.39 is 9.84 Å². The van der Waals surface area contributed by atoms with Gasteiger partial charge in [0.05, 0.1) is 9.79 Å². The van der Waals surface area contributed by atoms with Crippen LogP contribution in [0.2, 0.25) is 0 Å². The summed E-state index contributed by atoms with van der Waals surface area (Å²) in [6.45, 7) is 17.0. The Morgan fingerprint density at radius 2 is 0.902 bits per heavy atom. The predicted octanol–water partition coefficient (Wildman–Crippen LogP) is 9.50. The van der Waals surface area contributed by atoms with Crippen LogP contribution in [0.25, 0.3) is 0 Å². The first-order valence-electron chi connectivity index (χ1n) is 14.2. The van der Waals surface area contributed by atoms with Crippen molar-refractivity contribution in [2.45, 2.75) is 88.0 Å². The van der Waals surface area contributed by atoms with Gasteiger partial charge in [-0.05, 0) is 110 Å². The summed E-state index contributed by atoms with van der Waals surface area (Å²) in [5.41, 5.74) is 3.03. The zero-order valence-electron chi connectivity index (χ0n) is 25.5. The molecule has 0 fully saturated rings. The predicted molar refractivity (Wildman–Crippen MR) is 167 cm³/mol. The molecule has 4 aromatic rings. The topological polar surface area (TPSA) is 52.6 Å². The van der Waals surface area contributed by atoms with Crippen LogP contribution in [-0.2, 0) is 20.7 Å². The van der Waals surface area contributed by atoms with Crippen molar-refractivity contribution in [3.8, 4) is 17.2 Å². The summed E-state index contributed by atoms with van der Waals surface area (Å²) in [7, 11) is -3.62. The maximum Gasteiger partial charge on any atom is 0.206 e. The Balaban J connectivity index is 1.45. The van der Waals surface area contributed by atoms with Crippen LogP contribution in [-0.4, -0.2) is 14.0 Å². The Morgan fingerprint density at radius 3 is 1.32 bits per heavy atom. The number of sulfone groups is 1. The molecule has 0 amide bonds. The van der Waals surface area contributed by atoms with E-state index in [1.807, 2.05) is 57.2 Å². The van der Waals surface area contributed by atoms with E-state index in [0.717, 1.165) is 23.3 Å². The van der Waals surface area contributed by atoms with Crippen molar-refractivity contribution in [3.63, 3.8) is 0 Å². The van der Waals surface area contributed by atoms with Gasteiger partial charge >= 0.3 is 0 Å². The van der Waals surface area contributed by atoms with Crippen molar-refractivity contribution in [3.05, 3.63) is 114 Å². The Labute approximate surface area is 246 Å². The fourth-order valence-electron chi connectivity index (χ4n) is 4.65. The van der Waals surface area contributed by atoms with Crippen LogP contribution >= 0.6 is 0 Å². The van der Waals surface area contributed by atoms with Gasteiger partial charge in [-0.2, -0.15) is 0 Å².